The molecule has 0 radical (unpaired) electrons. The molecule has 1 fully saturated rings. The molecule has 1 amide bonds. The van der Waals surface area contributed by atoms with Crippen LogP contribution in [-0.2, 0) is 14.8 Å². The molecule has 1 aliphatic rings. The van der Waals surface area contributed by atoms with Gasteiger partial charge in [-0.05, 0) is 25.7 Å². The fraction of sp³-hybridized carbons (Fsp3) is 0.929. The van der Waals surface area contributed by atoms with E-state index in [1.807, 2.05) is 6.92 Å². The van der Waals surface area contributed by atoms with Gasteiger partial charge in [0, 0.05) is 19.1 Å². The van der Waals surface area contributed by atoms with Crippen molar-refractivity contribution in [3.8, 4) is 0 Å². The van der Waals surface area contributed by atoms with Crippen molar-refractivity contribution in [2.24, 2.45) is 5.73 Å². The van der Waals surface area contributed by atoms with E-state index in [1.54, 1.807) is 0 Å². The van der Waals surface area contributed by atoms with Crippen LogP contribution in [-0.4, -0.2) is 49.6 Å². The van der Waals surface area contributed by atoms with Gasteiger partial charge in [-0.3, -0.25) is 4.79 Å². The van der Waals surface area contributed by atoms with Crippen LogP contribution in [0.2, 0.25) is 0 Å². The van der Waals surface area contributed by atoms with Crippen molar-refractivity contribution in [1.82, 2.24) is 9.62 Å². The molecule has 1 rings (SSSR count). The van der Waals surface area contributed by atoms with Gasteiger partial charge in [0.2, 0.25) is 15.9 Å². The number of sulfonamides is 1. The Morgan fingerprint density at radius 3 is 2.43 bits per heavy atom. The molecule has 0 bridgehead atoms. The summed E-state index contributed by atoms with van der Waals surface area (Å²) < 4.78 is 25.5. The van der Waals surface area contributed by atoms with E-state index in [4.69, 9.17) is 5.73 Å². The molecule has 124 valence electrons. The molecule has 6 nitrogen and oxygen atoms in total. The Kier molecular flexibility index (Phi) is 7.62. The standard InChI is InChI=1S/C14H29N3O3S/c1-3-5-6-13(15)14(18)16-12-7-9-17(10-8-12)21(19,20)11-4-2/h12-13H,3-11,15H2,1-2H3,(H,16,18). The topological polar surface area (TPSA) is 92.5 Å². The fourth-order valence-corrected chi connectivity index (χ4v) is 4.07. The Balaban J connectivity index is 2.38. The summed E-state index contributed by atoms with van der Waals surface area (Å²) in [5.41, 5.74) is 5.84. The predicted octanol–water partition coefficient (Wildman–Crippen LogP) is 0.824. The van der Waals surface area contributed by atoms with Crippen molar-refractivity contribution in [2.75, 3.05) is 18.8 Å². The number of hydrogen-bond donors (Lipinski definition) is 2. The molecule has 1 aliphatic heterocycles. The molecule has 0 aromatic carbocycles. The number of carbonyl (C=O) groups excluding carboxylic acids is 1. The highest BCUT2D eigenvalue weighted by Crippen LogP contribution is 2.15. The van der Waals surface area contributed by atoms with E-state index in [0.29, 0.717) is 38.8 Å². The maximum Gasteiger partial charge on any atom is 0.237 e. The number of hydrogen-bond acceptors (Lipinski definition) is 4. The van der Waals surface area contributed by atoms with Gasteiger partial charge in [-0.1, -0.05) is 26.7 Å². The van der Waals surface area contributed by atoms with Crippen LogP contribution in [0, 0.1) is 0 Å². The van der Waals surface area contributed by atoms with E-state index in [1.165, 1.54) is 4.31 Å². The summed E-state index contributed by atoms with van der Waals surface area (Å²) in [4.78, 5) is 11.9. The molecule has 0 aromatic rings. The molecule has 0 aromatic heterocycles. The SMILES string of the molecule is CCCCC(N)C(=O)NC1CCN(S(=O)(=O)CCC)CC1. The van der Waals surface area contributed by atoms with Gasteiger partial charge in [0.1, 0.15) is 0 Å². The normalized spacial score (nSPS) is 19.4. The van der Waals surface area contributed by atoms with Crippen LogP contribution in [0.5, 0.6) is 0 Å². The highest BCUT2D eigenvalue weighted by molar-refractivity contribution is 7.89. The molecule has 0 aliphatic carbocycles. The summed E-state index contributed by atoms with van der Waals surface area (Å²) in [6.45, 7) is 4.90. The lowest BCUT2D eigenvalue weighted by Crippen LogP contribution is -2.50. The molecular weight excluding hydrogens is 290 g/mol. The number of carbonyl (C=O) groups is 1. The predicted molar refractivity (Wildman–Crippen MR) is 84.3 cm³/mol. The molecule has 1 atom stereocenters. The second-order valence-corrected chi connectivity index (χ2v) is 7.84. The minimum atomic E-state index is -3.12. The van der Waals surface area contributed by atoms with Crippen molar-refractivity contribution >= 4 is 15.9 Å². The van der Waals surface area contributed by atoms with Gasteiger partial charge in [-0.25, -0.2) is 12.7 Å². The van der Waals surface area contributed by atoms with E-state index in [2.05, 4.69) is 12.2 Å². The Hall–Kier alpha value is -0.660. The van der Waals surface area contributed by atoms with Crippen LogP contribution in [0.15, 0.2) is 0 Å². The zero-order valence-corrected chi connectivity index (χ0v) is 14.0. The third-order valence-corrected chi connectivity index (χ3v) is 5.94. The quantitative estimate of drug-likeness (QED) is 0.693. The molecule has 1 unspecified atom stereocenters. The molecule has 3 N–H and O–H groups in total. The lowest BCUT2D eigenvalue weighted by molar-refractivity contribution is -0.123. The maximum absolute atomic E-state index is 12.0. The average molecular weight is 319 g/mol. The first-order chi connectivity index (χ1) is 9.90. The lowest BCUT2D eigenvalue weighted by atomic mass is 10.0. The van der Waals surface area contributed by atoms with Crippen molar-refractivity contribution in [3.05, 3.63) is 0 Å². The molecule has 0 saturated carbocycles. The molecule has 1 saturated heterocycles. The summed E-state index contributed by atoms with van der Waals surface area (Å²) in [6.07, 6.45) is 4.62. The number of unbranched alkanes of at least 4 members (excludes halogenated alkanes) is 1. The Morgan fingerprint density at radius 2 is 1.90 bits per heavy atom. The number of nitrogens with one attached hydrogen (secondary N) is 1. The van der Waals surface area contributed by atoms with Gasteiger partial charge >= 0.3 is 0 Å². The summed E-state index contributed by atoms with van der Waals surface area (Å²) in [7, 11) is -3.12. The second-order valence-electron chi connectivity index (χ2n) is 5.75. The number of amides is 1. The molecule has 7 heteroatoms. The van der Waals surface area contributed by atoms with E-state index in [0.717, 1.165) is 12.8 Å². The van der Waals surface area contributed by atoms with Crippen LogP contribution >= 0.6 is 0 Å². The van der Waals surface area contributed by atoms with Crippen LogP contribution in [0.3, 0.4) is 0 Å². The maximum atomic E-state index is 12.0. The largest absolute Gasteiger partial charge is 0.352 e. The highest BCUT2D eigenvalue weighted by atomic mass is 32.2. The van der Waals surface area contributed by atoms with Gasteiger partial charge < -0.3 is 11.1 Å². The molecule has 1 heterocycles. The van der Waals surface area contributed by atoms with Gasteiger partial charge in [0.15, 0.2) is 0 Å². The van der Waals surface area contributed by atoms with E-state index in [9.17, 15) is 13.2 Å². The Bertz CT molecular complexity index is 417. The molecular formula is C14H29N3O3S. The van der Waals surface area contributed by atoms with Gasteiger partial charge in [0.25, 0.3) is 0 Å². The zero-order chi connectivity index (χ0) is 15.9. The first-order valence-corrected chi connectivity index (χ1v) is 9.55. The van der Waals surface area contributed by atoms with Crippen molar-refractivity contribution < 1.29 is 13.2 Å². The molecule has 21 heavy (non-hydrogen) atoms. The van der Waals surface area contributed by atoms with Crippen LogP contribution in [0.4, 0.5) is 0 Å². The molecule has 0 spiro atoms. The smallest absolute Gasteiger partial charge is 0.237 e. The second kappa shape index (κ2) is 8.70. The van der Waals surface area contributed by atoms with Crippen LogP contribution in [0.25, 0.3) is 0 Å². The number of rotatable bonds is 8. The van der Waals surface area contributed by atoms with Crippen LogP contribution < -0.4 is 11.1 Å². The lowest BCUT2D eigenvalue weighted by Gasteiger charge is -2.32. The third-order valence-electron chi connectivity index (χ3n) is 3.86. The summed E-state index contributed by atoms with van der Waals surface area (Å²) in [5.74, 6) is 0.0876. The number of piperidine rings is 1. The third kappa shape index (κ3) is 5.92. The van der Waals surface area contributed by atoms with Gasteiger partial charge in [-0.2, -0.15) is 0 Å². The van der Waals surface area contributed by atoms with Crippen molar-refractivity contribution in [1.29, 1.82) is 0 Å². The van der Waals surface area contributed by atoms with E-state index < -0.39 is 16.1 Å². The monoisotopic (exact) mass is 319 g/mol. The average Bonchev–Trinajstić information content (AvgIpc) is 2.45. The minimum Gasteiger partial charge on any atom is -0.352 e. The summed E-state index contributed by atoms with van der Waals surface area (Å²) >= 11 is 0. The van der Waals surface area contributed by atoms with Gasteiger partial charge in [-0.15, -0.1) is 0 Å². The minimum absolute atomic E-state index is 0.0400. The number of nitrogens with two attached hydrogens (primary N) is 1. The number of nitrogens with zero attached hydrogens (tertiary/aromatic N) is 1. The Morgan fingerprint density at radius 1 is 1.29 bits per heavy atom. The summed E-state index contributed by atoms with van der Waals surface area (Å²) in [5, 5.41) is 2.95. The van der Waals surface area contributed by atoms with Gasteiger partial charge in [0.05, 0.1) is 11.8 Å². The fourth-order valence-electron chi connectivity index (χ4n) is 2.53. The van der Waals surface area contributed by atoms with Crippen LogP contribution in [0.1, 0.15) is 52.4 Å². The first-order valence-electron chi connectivity index (χ1n) is 7.94. The zero-order valence-electron chi connectivity index (χ0n) is 13.2. The van der Waals surface area contributed by atoms with Crippen molar-refractivity contribution in [2.45, 2.75) is 64.5 Å². The summed E-state index contributed by atoms with van der Waals surface area (Å²) in [6, 6.07) is -0.412. The van der Waals surface area contributed by atoms with E-state index >= 15 is 0 Å². The van der Waals surface area contributed by atoms with Crippen molar-refractivity contribution in [3.63, 3.8) is 0 Å². The Labute approximate surface area is 128 Å². The first kappa shape index (κ1) is 18.4. The van der Waals surface area contributed by atoms with E-state index in [-0.39, 0.29) is 17.7 Å². The highest BCUT2D eigenvalue weighted by Gasteiger charge is 2.28.